The molecule has 0 spiro atoms. The molecular weight excluding hydrogens is 206 g/mol. The molecular formula is C11H7N3O2. The second-order valence-electron chi connectivity index (χ2n) is 3.45. The second-order valence-corrected chi connectivity index (χ2v) is 3.45. The van der Waals surface area contributed by atoms with Gasteiger partial charge in [0.2, 0.25) is 5.43 Å². The summed E-state index contributed by atoms with van der Waals surface area (Å²) in [5.74, 6) is 0. The van der Waals surface area contributed by atoms with E-state index in [4.69, 9.17) is 0 Å². The molecule has 3 rings (SSSR count). The molecule has 16 heavy (non-hydrogen) atoms. The van der Waals surface area contributed by atoms with Crippen molar-refractivity contribution in [2.45, 2.75) is 0 Å². The lowest BCUT2D eigenvalue weighted by atomic mass is 10.3. The molecule has 3 aromatic rings. The van der Waals surface area contributed by atoms with Crippen LogP contribution >= 0.6 is 0 Å². The van der Waals surface area contributed by atoms with Gasteiger partial charge in [-0.05, 0) is 12.1 Å². The van der Waals surface area contributed by atoms with Crippen molar-refractivity contribution in [3.63, 3.8) is 0 Å². The maximum Gasteiger partial charge on any atom is 0.281 e. The van der Waals surface area contributed by atoms with E-state index < -0.39 is 0 Å². The van der Waals surface area contributed by atoms with Gasteiger partial charge in [-0.2, -0.15) is 5.10 Å². The molecule has 0 saturated carbocycles. The SMILES string of the molecule is O=c1cnn2cc3ccccn3c(=O)c2c1. The standard InChI is InChI=1S/C11H7N3O2/c15-9-5-10-11(16)13-4-2-1-3-8(13)7-14(10)12-6-9/h1-7H. The summed E-state index contributed by atoms with van der Waals surface area (Å²) in [7, 11) is 0. The summed E-state index contributed by atoms with van der Waals surface area (Å²) in [6.45, 7) is 0. The van der Waals surface area contributed by atoms with Gasteiger partial charge in [-0.3, -0.25) is 14.0 Å². The molecule has 78 valence electrons. The van der Waals surface area contributed by atoms with Crippen LogP contribution in [0.4, 0.5) is 0 Å². The fourth-order valence-electron chi connectivity index (χ4n) is 1.68. The van der Waals surface area contributed by atoms with Gasteiger partial charge in [-0.1, -0.05) is 6.07 Å². The molecule has 0 atom stereocenters. The monoisotopic (exact) mass is 213 g/mol. The van der Waals surface area contributed by atoms with Crippen molar-refractivity contribution >= 4 is 11.0 Å². The summed E-state index contributed by atoms with van der Waals surface area (Å²) in [4.78, 5) is 23.2. The Balaban J connectivity index is 2.67. The highest BCUT2D eigenvalue weighted by Gasteiger charge is 2.03. The van der Waals surface area contributed by atoms with Crippen LogP contribution in [0.5, 0.6) is 0 Å². The van der Waals surface area contributed by atoms with Crippen LogP contribution in [0.15, 0.2) is 52.4 Å². The zero-order chi connectivity index (χ0) is 11.1. The summed E-state index contributed by atoms with van der Waals surface area (Å²) in [5, 5.41) is 3.88. The molecule has 3 aromatic heterocycles. The Labute approximate surface area is 89.2 Å². The number of aromatic nitrogens is 3. The second kappa shape index (κ2) is 3.03. The molecule has 0 saturated heterocycles. The molecule has 5 heteroatoms. The van der Waals surface area contributed by atoms with Crippen LogP contribution in [-0.2, 0) is 0 Å². The van der Waals surface area contributed by atoms with E-state index in [1.807, 2.05) is 6.07 Å². The molecule has 0 aromatic carbocycles. The summed E-state index contributed by atoms with van der Waals surface area (Å²) < 4.78 is 2.90. The van der Waals surface area contributed by atoms with Crippen molar-refractivity contribution in [3.8, 4) is 0 Å². The summed E-state index contributed by atoms with van der Waals surface area (Å²) in [5.41, 5.74) is 0.489. The van der Waals surface area contributed by atoms with Crippen molar-refractivity contribution in [2.75, 3.05) is 0 Å². The Morgan fingerprint density at radius 3 is 2.94 bits per heavy atom. The smallest absolute Gasteiger partial charge is 0.281 e. The number of fused-ring (bicyclic) bond motifs is 2. The Hall–Kier alpha value is -2.43. The van der Waals surface area contributed by atoms with Crippen LogP contribution < -0.4 is 11.0 Å². The van der Waals surface area contributed by atoms with E-state index in [-0.39, 0.29) is 16.5 Å². The molecule has 5 nitrogen and oxygen atoms in total. The van der Waals surface area contributed by atoms with Crippen molar-refractivity contribution in [2.24, 2.45) is 0 Å². The lowest BCUT2D eigenvalue weighted by Crippen LogP contribution is -2.20. The van der Waals surface area contributed by atoms with Crippen molar-refractivity contribution in [1.82, 2.24) is 14.0 Å². The number of nitrogens with zero attached hydrogens (tertiary/aromatic N) is 3. The van der Waals surface area contributed by atoms with Crippen LogP contribution in [0.25, 0.3) is 11.0 Å². The van der Waals surface area contributed by atoms with E-state index in [9.17, 15) is 9.59 Å². The third-order valence-electron chi connectivity index (χ3n) is 2.42. The normalized spacial score (nSPS) is 11.0. The van der Waals surface area contributed by atoms with Gasteiger partial charge in [0.15, 0.2) is 0 Å². The molecule has 0 radical (unpaired) electrons. The van der Waals surface area contributed by atoms with Crippen molar-refractivity contribution < 1.29 is 0 Å². The molecule has 0 unspecified atom stereocenters. The average Bonchev–Trinajstić information content (AvgIpc) is 2.31. The molecule has 0 fully saturated rings. The van der Waals surface area contributed by atoms with Crippen LogP contribution in [0.1, 0.15) is 0 Å². The first-order valence-electron chi connectivity index (χ1n) is 4.75. The number of rotatable bonds is 0. The van der Waals surface area contributed by atoms with E-state index in [0.717, 1.165) is 5.52 Å². The molecule has 0 aliphatic heterocycles. The third kappa shape index (κ3) is 1.15. The highest BCUT2D eigenvalue weighted by molar-refractivity contribution is 5.52. The third-order valence-corrected chi connectivity index (χ3v) is 2.42. The molecule has 0 aliphatic rings. The largest absolute Gasteiger partial charge is 0.288 e. The van der Waals surface area contributed by atoms with Gasteiger partial charge >= 0.3 is 0 Å². The quantitative estimate of drug-likeness (QED) is 0.505. The maximum atomic E-state index is 12.0. The Morgan fingerprint density at radius 1 is 1.19 bits per heavy atom. The first-order valence-corrected chi connectivity index (χ1v) is 4.75. The average molecular weight is 213 g/mol. The Morgan fingerprint density at radius 2 is 2.06 bits per heavy atom. The van der Waals surface area contributed by atoms with E-state index in [1.165, 1.54) is 21.2 Å². The zero-order valence-electron chi connectivity index (χ0n) is 8.20. The lowest BCUT2D eigenvalue weighted by molar-refractivity contribution is 0.891. The summed E-state index contributed by atoms with van der Waals surface area (Å²) in [6, 6.07) is 6.69. The fraction of sp³-hybridized carbons (Fsp3) is 0. The number of hydrogen-bond acceptors (Lipinski definition) is 3. The molecule has 3 heterocycles. The Kier molecular flexibility index (Phi) is 1.67. The first-order chi connectivity index (χ1) is 7.75. The van der Waals surface area contributed by atoms with Gasteiger partial charge in [-0.15, -0.1) is 0 Å². The topological polar surface area (TPSA) is 55.9 Å². The summed E-state index contributed by atoms with van der Waals surface area (Å²) in [6.07, 6.45) is 4.55. The first kappa shape index (κ1) is 8.84. The highest BCUT2D eigenvalue weighted by atomic mass is 16.1. The Bertz CT molecular complexity index is 801. The molecule has 0 amide bonds. The minimum atomic E-state index is -0.270. The molecule has 0 N–H and O–H groups in total. The van der Waals surface area contributed by atoms with Gasteiger partial charge in [0.25, 0.3) is 5.56 Å². The van der Waals surface area contributed by atoms with Crippen LogP contribution in [0, 0.1) is 0 Å². The van der Waals surface area contributed by atoms with Crippen LogP contribution in [-0.4, -0.2) is 14.0 Å². The minimum Gasteiger partial charge on any atom is -0.288 e. The van der Waals surface area contributed by atoms with Gasteiger partial charge in [0.1, 0.15) is 5.52 Å². The lowest BCUT2D eigenvalue weighted by Gasteiger charge is -2.03. The van der Waals surface area contributed by atoms with Gasteiger partial charge in [-0.25, -0.2) is 4.52 Å². The predicted molar refractivity (Wildman–Crippen MR) is 58.7 cm³/mol. The fourth-order valence-corrected chi connectivity index (χ4v) is 1.68. The van der Waals surface area contributed by atoms with Crippen molar-refractivity contribution in [1.29, 1.82) is 0 Å². The van der Waals surface area contributed by atoms with E-state index >= 15 is 0 Å². The van der Waals surface area contributed by atoms with Crippen LogP contribution in [0.3, 0.4) is 0 Å². The summed E-state index contributed by atoms with van der Waals surface area (Å²) >= 11 is 0. The minimum absolute atomic E-state index is 0.247. The maximum absolute atomic E-state index is 12.0. The zero-order valence-corrected chi connectivity index (χ0v) is 8.20. The van der Waals surface area contributed by atoms with E-state index in [1.54, 1.807) is 24.5 Å². The van der Waals surface area contributed by atoms with Gasteiger partial charge in [0, 0.05) is 12.3 Å². The van der Waals surface area contributed by atoms with Crippen LogP contribution in [0.2, 0.25) is 0 Å². The highest BCUT2D eigenvalue weighted by Crippen LogP contribution is 2.00. The predicted octanol–water partition coefficient (Wildman–Crippen LogP) is 0.307. The van der Waals surface area contributed by atoms with Gasteiger partial charge in [0.05, 0.1) is 17.9 Å². The van der Waals surface area contributed by atoms with Crippen molar-refractivity contribution in [3.05, 3.63) is 63.4 Å². The molecule has 0 aliphatic carbocycles. The van der Waals surface area contributed by atoms with Gasteiger partial charge < -0.3 is 0 Å². The number of pyridine rings is 1. The molecule has 0 bridgehead atoms. The van der Waals surface area contributed by atoms with E-state index in [2.05, 4.69) is 5.10 Å². The van der Waals surface area contributed by atoms with E-state index in [0.29, 0.717) is 0 Å². The number of hydrogen-bond donors (Lipinski definition) is 0.